The Morgan fingerprint density at radius 1 is 1.20 bits per heavy atom. The molecule has 20 heavy (non-hydrogen) atoms. The van der Waals surface area contributed by atoms with Crippen LogP contribution in [0.2, 0.25) is 0 Å². The highest BCUT2D eigenvalue weighted by Crippen LogP contribution is 2.22. The van der Waals surface area contributed by atoms with Crippen molar-refractivity contribution in [3.63, 3.8) is 0 Å². The van der Waals surface area contributed by atoms with E-state index >= 15 is 0 Å². The topological polar surface area (TPSA) is 30.3 Å². The van der Waals surface area contributed by atoms with E-state index in [0.29, 0.717) is 5.92 Å². The summed E-state index contributed by atoms with van der Waals surface area (Å²) in [6, 6.07) is 6.60. The summed E-state index contributed by atoms with van der Waals surface area (Å²) in [6.07, 6.45) is 1.15. The predicted octanol–water partition coefficient (Wildman–Crippen LogP) is 0.349. The maximum absolute atomic E-state index is 5.95. The molecule has 1 aliphatic rings. The Kier molecular flexibility index (Phi) is 5.86. The minimum Gasteiger partial charge on any atom is -0.493 e. The van der Waals surface area contributed by atoms with Gasteiger partial charge in [-0.2, -0.15) is 0 Å². The van der Waals surface area contributed by atoms with E-state index in [2.05, 4.69) is 44.3 Å². The summed E-state index contributed by atoms with van der Waals surface area (Å²) in [5.74, 6) is 1.60. The second kappa shape index (κ2) is 7.65. The number of hydrogen-bond acceptors (Lipinski definition) is 1. The summed E-state index contributed by atoms with van der Waals surface area (Å²) in [4.78, 5) is 1.74. The number of nitrogens with one attached hydrogen (secondary N) is 1. The third-order valence-electron chi connectivity index (χ3n) is 4.09. The summed E-state index contributed by atoms with van der Waals surface area (Å²) in [5.41, 5.74) is 2.67. The number of benzene rings is 1. The Morgan fingerprint density at radius 3 is 2.65 bits per heavy atom. The highest BCUT2D eigenvalue weighted by molar-refractivity contribution is 5.35. The van der Waals surface area contributed by atoms with Crippen LogP contribution in [-0.2, 0) is 0 Å². The number of piperazine rings is 1. The SMILES string of the molecule is Cc1cc(OCCC[NH+]2CC[NH2+]CC2)cc(C(C)C)c1. The van der Waals surface area contributed by atoms with Crippen LogP contribution < -0.4 is 15.0 Å². The summed E-state index contributed by atoms with van der Waals surface area (Å²) >= 11 is 0. The molecule has 0 atom stereocenters. The standard InChI is InChI=1S/C17H28N2O/c1-14(2)16-11-15(3)12-17(13-16)20-10-4-7-19-8-5-18-6-9-19/h11-14,18H,4-10H2,1-3H3/p+2. The van der Waals surface area contributed by atoms with Crippen LogP contribution in [0.4, 0.5) is 0 Å². The molecule has 0 saturated carbocycles. The Labute approximate surface area is 123 Å². The van der Waals surface area contributed by atoms with Crippen molar-refractivity contribution in [1.29, 1.82) is 0 Å². The van der Waals surface area contributed by atoms with Gasteiger partial charge in [0.25, 0.3) is 0 Å². The first-order valence-corrected chi connectivity index (χ1v) is 8.05. The maximum atomic E-state index is 5.95. The zero-order valence-corrected chi connectivity index (χ0v) is 13.2. The molecule has 0 unspecified atom stereocenters. The number of quaternary nitrogens is 2. The molecule has 1 aromatic rings. The van der Waals surface area contributed by atoms with Gasteiger partial charge in [0, 0.05) is 6.42 Å². The smallest absolute Gasteiger partial charge is 0.127 e. The van der Waals surface area contributed by atoms with Crippen molar-refractivity contribution in [3.8, 4) is 5.75 Å². The molecule has 0 aliphatic carbocycles. The molecule has 1 aliphatic heterocycles. The molecule has 3 heteroatoms. The van der Waals surface area contributed by atoms with Crippen LogP contribution in [0.25, 0.3) is 0 Å². The summed E-state index contributed by atoms with van der Waals surface area (Å²) in [7, 11) is 0. The molecule has 0 amide bonds. The molecular weight excluding hydrogens is 248 g/mol. The second-order valence-corrected chi connectivity index (χ2v) is 6.30. The lowest BCUT2D eigenvalue weighted by atomic mass is 10.0. The second-order valence-electron chi connectivity index (χ2n) is 6.30. The van der Waals surface area contributed by atoms with Gasteiger partial charge in [0.1, 0.15) is 31.9 Å². The first-order valence-electron chi connectivity index (χ1n) is 8.05. The van der Waals surface area contributed by atoms with E-state index in [9.17, 15) is 0 Å². The van der Waals surface area contributed by atoms with Crippen LogP contribution in [0.1, 0.15) is 37.3 Å². The van der Waals surface area contributed by atoms with Gasteiger partial charge in [-0.15, -0.1) is 0 Å². The van der Waals surface area contributed by atoms with Gasteiger partial charge in [0.2, 0.25) is 0 Å². The molecular formula is C17H30N2O+2. The van der Waals surface area contributed by atoms with Gasteiger partial charge in [-0.1, -0.05) is 19.9 Å². The number of rotatable bonds is 6. The normalized spacial score (nSPS) is 16.6. The molecule has 1 saturated heterocycles. The van der Waals surface area contributed by atoms with E-state index in [4.69, 9.17) is 4.74 Å². The van der Waals surface area contributed by atoms with Gasteiger partial charge < -0.3 is 15.0 Å². The van der Waals surface area contributed by atoms with Crippen molar-refractivity contribution < 1.29 is 15.0 Å². The zero-order chi connectivity index (χ0) is 14.4. The highest BCUT2D eigenvalue weighted by Gasteiger charge is 2.14. The van der Waals surface area contributed by atoms with Crippen LogP contribution in [0.5, 0.6) is 5.75 Å². The highest BCUT2D eigenvalue weighted by atomic mass is 16.5. The molecule has 3 N–H and O–H groups in total. The lowest BCUT2D eigenvalue weighted by Crippen LogP contribution is -3.20. The number of aryl methyl sites for hydroxylation is 1. The molecule has 1 aromatic carbocycles. The Bertz CT molecular complexity index is 411. The van der Waals surface area contributed by atoms with Gasteiger partial charge in [-0.25, -0.2) is 0 Å². The molecule has 3 nitrogen and oxygen atoms in total. The van der Waals surface area contributed by atoms with Crippen LogP contribution in [0, 0.1) is 6.92 Å². The van der Waals surface area contributed by atoms with Crippen molar-refractivity contribution in [1.82, 2.24) is 0 Å². The zero-order valence-electron chi connectivity index (χ0n) is 13.2. The summed E-state index contributed by atoms with van der Waals surface area (Å²) < 4.78 is 5.95. The van der Waals surface area contributed by atoms with Crippen molar-refractivity contribution in [2.45, 2.75) is 33.1 Å². The monoisotopic (exact) mass is 278 g/mol. The lowest BCUT2D eigenvalue weighted by molar-refractivity contribution is -0.946. The van der Waals surface area contributed by atoms with Gasteiger partial charge in [0.15, 0.2) is 0 Å². The minimum atomic E-state index is 0.561. The van der Waals surface area contributed by atoms with E-state index in [1.54, 1.807) is 4.90 Å². The molecule has 0 radical (unpaired) electrons. The largest absolute Gasteiger partial charge is 0.493 e. The first-order chi connectivity index (χ1) is 9.65. The fraction of sp³-hybridized carbons (Fsp3) is 0.647. The van der Waals surface area contributed by atoms with Crippen molar-refractivity contribution in [3.05, 3.63) is 29.3 Å². The van der Waals surface area contributed by atoms with E-state index in [-0.39, 0.29) is 0 Å². The Morgan fingerprint density at radius 2 is 1.95 bits per heavy atom. The van der Waals surface area contributed by atoms with Gasteiger partial charge >= 0.3 is 0 Å². The molecule has 0 spiro atoms. The molecule has 0 aromatic heterocycles. The van der Waals surface area contributed by atoms with Gasteiger partial charge in [-0.3, -0.25) is 0 Å². The molecule has 2 rings (SSSR count). The molecule has 112 valence electrons. The number of nitrogens with two attached hydrogens (primary N) is 1. The van der Waals surface area contributed by atoms with E-state index in [1.165, 1.54) is 43.9 Å². The van der Waals surface area contributed by atoms with Gasteiger partial charge in [0.05, 0.1) is 13.2 Å². The van der Waals surface area contributed by atoms with E-state index in [1.807, 2.05) is 0 Å². The summed E-state index contributed by atoms with van der Waals surface area (Å²) in [5, 5.41) is 2.42. The third kappa shape index (κ3) is 4.80. The van der Waals surface area contributed by atoms with E-state index < -0.39 is 0 Å². The van der Waals surface area contributed by atoms with Crippen molar-refractivity contribution in [2.75, 3.05) is 39.3 Å². The molecule has 0 bridgehead atoms. The first kappa shape index (κ1) is 15.3. The molecule has 1 fully saturated rings. The number of ether oxygens (including phenoxy) is 1. The quantitative estimate of drug-likeness (QED) is 0.723. The Balaban J connectivity index is 1.75. The average molecular weight is 278 g/mol. The van der Waals surface area contributed by atoms with Gasteiger partial charge in [-0.05, 0) is 36.1 Å². The third-order valence-corrected chi connectivity index (χ3v) is 4.09. The van der Waals surface area contributed by atoms with Crippen molar-refractivity contribution in [2.24, 2.45) is 0 Å². The fourth-order valence-corrected chi connectivity index (χ4v) is 2.84. The van der Waals surface area contributed by atoms with Crippen LogP contribution in [0.3, 0.4) is 0 Å². The van der Waals surface area contributed by atoms with Crippen LogP contribution in [-0.4, -0.2) is 39.3 Å². The minimum absolute atomic E-state index is 0.561. The number of hydrogen-bond donors (Lipinski definition) is 2. The van der Waals surface area contributed by atoms with Crippen molar-refractivity contribution >= 4 is 0 Å². The lowest BCUT2D eigenvalue weighted by Gasteiger charge is -2.22. The maximum Gasteiger partial charge on any atom is 0.127 e. The van der Waals surface area contributed by atoms with Crippen LogP contribution >= 0.6 is 0 Å². The average Bonchev–Trinajstić information content (AvgIpc) is 2.44. The summed E-state index contributed by atoms with van der Waals surface area (Å²) in [6.45, 7) is 13.9. The fourth-order valence-electron chi connectivity index (χ4n) is 2.84. The Hall–Kier alpha value is -1.06. The van der Waals surface area contributed by atoms with Crippen LogP contribution in [0.15, 0.2) is 18.2 Å². The predicted molar refractivity (Wildman–Crippen MR) is 82.6 cm³/mol. The van der Waals surface area contributed by atoms with E-state index in [0.717, 1.165) is 18.8 Å². The molecule has 1 heterocycles.